The Bertz CT molecular complexity index is 489. The maximum atomic E-state index is 5.78. The predicted molar refractivity (Wildman–Crippen MR) is 69.0 cm³/mol. The van der Waals surface area contributed by atoms with Gasteiger partial charge in [0, 0.05) is 37.0 Å². The molecule has 0 radical (unpaired) electrons. The first-order chi connectivity index (χ1) is 8.93. The fourth-order valence-electron chi connectivity index (χ4n) is 2.38. The van der Waals surface area contributed by atoms with E-state index in [9.17, 15) is 0 Å². The summed E-state index contributed by atoms with van der Waals surface area (Å²) in [6, 6.07) is 3.97. The summed E-state index contributed by atoms with van der Waals surface area (Å²) in [5.74, 6) is 0.970. The molecule has 0 bridgehead atoms. The van der Waals surface area contributed by atoms with Crippen molar-refractivity contribution >= 4 is 0 Å². The van der Waals surface area contributed by atoms with Crippen molar-refractivity contribution in [3.63, 3.8) is 0 Å². The highest BCUT2D eigenvalue weighted by molar-refractivity contribution is 5.53. The predicted octanol–water partition coefficient (Wildman–Crippen LogP) is 2.51. The van der Waals surface area contributed by atoms with Gasteiger partial charge in [-0.05, 0) is 31.4 Å². The molecule has 1 saturated heterocycles. The van der Waals surface area contributed by atoms with Crippen LogP contribution in [-0.2, 0) is 11.3 Å². The molecule has 0 aliphatic carbocycles. The molecular weight excluding hydrogens is 226 g/mol. The minimum atomic E-state index is 0.323. The van der Waals surface area contributed by atoms with Gasteiger partial charge >= 0.3 is 0 Å². The Labute approximate surface area is 107 Å². The molecule has 0 saturated carbocycles. The number of pyridine rings is 1. The largest absolute Gasteiger partial charge is 0.376 e. The first kappa shape index (κ1) is 11.4. The van der Waals surface area contributed by atoms with E-state index in [1.54, 1.807) is 6.20 Å². The second-order valence-corrected chi connectivity index (χ2v) is 4.63. The Morgan fingerprint density at radius 2 is 2.33 bits per heavy atom. The normalized spacial score (nSPS) is 19.9. The van der Waals surface area contributed by atoms with Crippen LogP contribution in [0.3, 0.4) is 0 Å². The van der Waals surface area contributed by atoms with Gasteiger partial charge in [-0.1, -0.05) is 0 Å². The third-order valence-corrected chi connectivity index (χ3v) is 3.31. The molecule has 0 amide bonds. The third-order valence-electron chi connectivity index (χ3n) is 3.31. The topological polar surface area (TPSA) is 39.9 Å². The summed E-state index contributed by atoms with van der Waals surface area (Å²) in [6.45, 7) is 1.77. The number of rotatable bonds is 3. The molecule has 1 unspecified atom stereocenters. The molecule has 3 rings (SSSR count). The second-order valence-electron chi connectivity index (χ2n) is 4.63. The van der Waals surface area contributed by atoms with Crippen LogP contribution in [-0.4, -0.2) is 27.2 Å². The SMILES string of the molecule is c1cncc(-c2nccn2CC2CCCCO2)c1. The van der Waals surface area contributed by atoms with E-state index in [4.69, 9.17) is 4.74 Å². The Kier molecular flexibility index (Phi) is 3.37. The molecule has 1 fully saturated rings. The van der Waals surface area contributed by atoms with Crippen molar-refractivity contribution in [3.8, 4) is 11.4 Å². The number of nitrogens with zero attached hydrogens (tertiary/aromatic N) is 3. The molecule has 4 heteroatoms. The van der Waals surface area contributed by atoms with E-state index in [2.05, 4.69) is 14.5 Å². The van der Waals surface area contributed by atoms with E-state index in [0.717, 1.165) is 31.0 Å². The molecule has 0 spiro atoms. The van der Waals surface area contributed by atoms with Crippen LogP contribution in [0.25, 0.3) is 11.4 Å². The van der Waals surface area contributed by atoms with E-state index in [1.807, 2.05) is 30.7 Å². The van der Waals surface area contributed by atoms with Gasteiger partial charge in [-0.25, -0.2) is 4.98 Å². The summed E-state index contributed by atoms with van der Waals surface area (Å²) in [6.07, 6.45) is 11.4. The molecule has 3 heterocycles. The summed E-state index contributed by atoms with van der Waals surface area (Å²) < 4.78 is 7.94. The van der Waals surface area contributed by atoms with Crippen LogP contribution in [0.2, 0.25) is 0 Å². The minimum Gasteiger partial charge on any atom is -0.376 e. The van der Waals surface area contributed by atoms with Crippen molar-refractivity contribution in [1.82, 2.24) is 14.5 Å². The van der Waals surface area contributed by atoms with E-state index >= 15 is 0 Å². The number of aromatic nitrogens is 3. The lowest BCUT2D eigenvalue weighted by Crippen LogP contribution is -2.24. The van der Waals surface area contributed by atoms with Gasteiger partial charge in [0.25, 0.3) is 0 Å². The summed E-state index contributed by atoms with van der Waals surface area (Å²) in [4.78, 5) is 8.56. The Balaban J connectivity index is 1.79. The monoisotopic (exact) mass is 243 g/mol. The second kappa shape index (κ2) is 5.31. The molecule has 0 N–H and O–H groups in total. The van der Waals surface area contributed by atoms with E-state index in [1.165, 1.54) is 12.8 Å². The third kappa shape index (κ3) is 2.43. The summed E-state index contributed by atoms with van der Waals surface area (Å²) in [5, 5.41) is 0. The first-order valence-corrected chi connectivity index (χ1v) is 6.46. The quantitative estimate of drug-likeness (QED) is 0.831. The number of ether oxygens (including phenoxy) is 1. The van der Waals surface area contributed by atoms with Crippen LogP contribution in [0.5, 0.6) is 0 Å². The number of imidazole rings is 1. The highest BCUT2D eigenvalue weighted by atomic mass is 16.5. The highest BCUT2D eigenvalue weighted by Gasteiger charge is 2.16. The van der Waals surface area contributed by atoms with Crippen LogP contribution < -0.4 is 0 Å². The van der Waals surface area contributed by atoms with Gasteiger partial charge in [-0.2, -0.15) is 0 Å². The molecule has 2 aromatic heterocycles. The summed E-state index contributed by atoms with van der Waals surface area (Å²) in [5.41, 5.74) is 1.05. The van der Waals surface area contributed by atoms with Crippen LogP contribution in [0.4, 0.5) is 0 Å². The minimum absolute atomic E-state index is 0.323. The molecule has 18 heavy (non-hydrogen) atoms. The van der Waals surface area contributed by atoms with Gasteiger partial charge in [-0.3, -0.25) is 4.98 Å². The van der Waals surface area contributed by atoms with Crippen LogP contribution >= 0.6 is 0 Å². The van der Waals surface area contributed by atoms with Gasteiger partial charge in [0.05, 0.1) is 12.6 Å². The lowest BCUT2D eigenvalue weighted by Gasteiger charge is -2.23. The maximum Gasteiger partial charge on any atom is 0.141 e. The first-order valence-electron chi connectivity index (χ1n) is 6.46. The van der Waals surface area contributed by atoms with Gasteiger partial charge < -0.3 is 9.30 Å². The fraction of sp³-hybridized carbons (Fsp3) is 0.429. The van der Waals surface area contributed by atoms with Crippen molar-refractivity contribution < 1.29 is 4.74 Å². The smallest absolute Gasteiger partial charge is 0.141 e. The zero-order chi connectivity index (χ0) is 12.2. The molecule has 0 aromatic carbocycles. The molecular formula is C14H17N3O. The maximum absolute atomic E-state index is 5.78. The standard InChI is InChI=1S/C14H17N3O/c1-2-9-18-13(5-1)11-17-8-7-16-14(17)12-4-3-6-15-10-12/h3-4,6-8,10,13H,1-2,5,9,11H2. The average Bonchev–Trinajstić information content (AvgIpc) is 2.89. The molecule has 1 aliphatic heterocycles. The number of hydrogen-bond acceptors (Lipinski definition) is 3. The molecule has 2 aromatic rings. The lowest BCUT2D eigenvalue weighted by atomic mass is 10.1. The fourth-order valence-corrected chi connectivity index (χ4v) is 2.38. The van der Waals surface area contributed by atoms with Gasteiger partial charge in [0.2, 0.25) is 0 Å². The van der Waals surface area contributed by atoms with Crippen LogP contribution in [0, 0.1) is 0 Å². The average molecular weight is 243 g/mol. The Morgan fingerprint density at radius 1 is 1.33 bits per heavy atom. The Morgan fingerprint density at radius 3 is 3.11 bits per heavy atom. The molecule has 4 nitrogen and oxygen atoms in total. The van der Waals surface area contributed by atoms with Crippen molar-refractivity contribution in [2.24, 2.45) is 0 Å². The Hall–Kier alpha value is -1.68. The number of hydrogen-bond donors (Lipinski definition) is 0. The van der Waals surface area contributed by atoms with E-state index in [0.29, 0.717) is 6.10 Å². The summed E-state index contributed by atoms with van der Waals surface area (Å²) in [7, 11) is 0. The van der Waals surface area contributed by atoms with Crippen LogP contribution in [0.15, 0.2) is 36.9 Å². The van der Waals surface area contributed by atoms with Crippen molar-refractivity contribution in [2.75, 3.05) is 6.61 Å². The highest BCUT2D eigenvalue weighted by Crippen LogP contribution is 2.19. The van der Waals surface area contributed by atoms with E-state index < -0.39 is 0 Å². The van der Waals surface area contributed by atoms with E-state index in [-0.39, 0.29) is 0 Å². The van der Waals surface area contributed by atoms with Gasteiger partial charge in [0.15, 0.2) is 0 Å². The summed E-state index contributed by atoms with van der Waals surface area (Å²) >= 11 is 0. The lowest BCUT2D eigenvalue weighted by molar-refractivity contribution is 0.00624. The zero-order valence-corrected chi connectivity index (χ0v) is 10.3. The van der Waals surface area contributed by atoms with Crippen molar-refractivity contribution in [1.29, 1.82) is 0 Å². The van der Waals surface area contributed by atoms with Gasteiger partial charge in [0.1, 0.15) is 5.82 Å². The van der Waals surface area contributed by atoms with Crippen molar-refractivity contribution in [3.05, 3.63) is 36.9 Å². The van der Waals surface area contributed by atoms with Gasteiger partial charge in [-0.15, -0.1) is 0 Å². The molecule has 1 atom stereocenters. The van der Waals surface area contributed by atoms with Crippen molar-refractivity contribution in [2.45, 2.75) is 31.9 Å². The zero-order valence-electron chi connectivity index (χ0n) is 10.3. The molecule has 94 valence electrons. The molecule has 1 aliphatic rings. The van der Waals surface area contributed by atoms with Crippen LogP contribution in [0.1, 0.15) is 19.3 Å².